The van der Waals surface area contributed by atoms with Crippen molar-refractivity contribution in [1.29, 1.82) is 0 Å². The molecule has 0 aromatic heterocycles. The Kier molecular flexibility index (Phi) is 225. The maximum absolute atomic E-state index is 0. The monoisotopic (exact) mass is 981 g/mol. The summed E-state index contributed by atoms with van der Waals surface area (Å²) in [4.78, 5) is 0. The Bertz CT molecular complexity index is 15.5. The normalized spacial score (nSPS) is 0. The van der Waals surface area contributed by atoms with Crippen molar-refractivity contribution in [2.45, 2.75) is 0 Å². The van der Waals surface area contributed by atoms with Gasteiger partial charge >= 0.3 is 103 Å². The molecule has 0 aromatic carbocycles. The molecule has 5 radical (unpaired) electrons. The zero-order chi connectivity index (χ0) is 0. The summed E-state index contributed by atoms with van der Waals surface area (Å²) in [6.45, 7) is 0. The predicted octanol–water partition coefficient (Wildman–Crippen LogP) is -4.58. The van der Waals surface area contributed by atoms with Crippen molar-refractivity contribution in [1.82, 2.24) is 0 Å². The maximum Gasteiger partial charge on any atom is 0 e. The molecule has 0 aliphatic carbocycles. The van der Waals surface area contributed by atoms with Crippen LogP contribution < -0.4 is 0 Å². The fraction of sp³-hybridized carbons (Fsp3) is 0. The van der Waals surface area contributed by atoms with E-state index in [1.54, 1.807) is 0 Å². The number of hydrogen-bond donors (Lipinski definition) is 0. The van der Waals surface area contributed by atoms with Gasteiger partial charge in [-0.1, -0.05) is 0 Å². The molecule has 0 spiro atoms. The van der Waals surface area contributed by atoms with Gasteiger partial charge in [-0.25, -0.2) is 0 Å². The van der Waals surface area contributed by atoms with Crippen molar-refractivity contribution in [3.63, 3.8) is 0 Å². The van der Waals surface area contributed by atoms with Gasteiger partial charge in [0.1, 0.15) is 0 Å². The summed E-state index contributed by atoms with van der Waals surface area (Å²) in [7, 11) is 0. The molecule has 6 heavy (non-hydrogen) atoms. The minimum atomic E-state index is 0. The molecule has 6 heteroatoms. The first-order chi connectivity index (χ1) is 0. The van der Waals surface area contributed by atoms with Gasteiger partial charge in [0.25, 0.3) is 0 Å². The van der Waals surface area contributed by atoms with Crippen LogP contribution in [-0.2, 0) is 27.3 Å². The van der Waals surface area contributed by atoms with E-state index in [9.17, 15) is 0 Å². The Morgan fingerprint density at radius 2 is 1.00 bits per heavy atom. The fourth-order valence-corrected chi connectivity index (χ4v) is 0. The van der Waals surface area contributed by atoms with Gasteiger partial charge in [0, 0.05) is 54.6 Å². The summed E-state index contributed by atoms with van der Waals surface area (Å²) in [5.41, 5.74) is 0. The Morgan fingerprint density at radius 3 is 1.00 bits per heavy atom. The first kappa shape index (κ1) is 42.6. The van der Waals surface area contributed by atoms with Crippen LogP contribution in [0.25, 0.3) is 0 Å². The topological polar surface area (TPSA) is 0 Å². The predicted molar refractivity (Wildman–Crippen MR) is 42.7 cm³/mol. The average molecular weight is 977 g/mol. The van der Waals surface area contributed by atoms with Crippen LogP contribution >= 0.6 is 0 Å². The van der Waals surface area contributed by atoms with Crippen molar-refractivity contribution < 1.29 is 27.3 Å². The van der Waals surface area contributed by atoms with Gasteiger partial charge in [-0.2, -0.15) is 0 Å². The molecule has 31 valence electrons. The molecule has 0 heterocycles. The van der Waals surface area contributed by atoms with Gasteiger partial charge in [0.05, 0.1) is 0 Å². The second kappa shape index (κ2) is 31.7. The second-order valence-corrected chi connectivity index (χ2v) is 0. The molecule has 0 amide bonds. The van der Waals surface area contributed by atoms with Gasteiger partial charge in [-0.3, -0.25) is 0 Å². The Hall–Kier alpha value is 5.32. The van der Waals surface area contributed by atoms with Crippen LogP contribution in [0.1, 0.15) is 0 Å². The molecule has 0 aromatic rings. The van der Waals surface area contributed by atoms with E-state index < -0.39 is 0 Å². The van der Waals surface area contributed by atoms with Crippen LogP contribution in [0.2, 0.25) is 0 Å². The zero-order valence-electron chi connectivity index (χ0n) is 3.41. The van der Waals surface area contributed by atoms with E-state index >= 15 is 0 Å². The summed E-state index contributed by atoms with van der Waals surface area (Å²) in [6, 6.07) is 0. The van der Waals surface area contributed by atoms with Crippen molar-refractivity contribution >= 4 is 131 Å². The first-order valence-electron chi connectivity index (χ1n) is 0. The Balaban J connectivity index is 0. The van der Waals surface area contributed by atoms with Gasteiger partial charge in [-0.05, 0) is 0 Å². The van der Waals surface area contributed by atoms with Crippen molar-refractivity contribution in [3.8, 4) is 0 Å². The number of hydrogen-bond acceptors (Lipinski definition) is 0. The summed E-state index contributed by atoms with van der Waals surface area (Å²) >= 11 is 0. The maximum atomic E-state index is 0. The molecule has 0 rings (SSSR count). The first-order valence-corrected chi connectivity index (χ1v) is 0. The second-order valence-electron chi connectivity index (χ2n) is 0. The van der Waals surface area contributed by atoms with E-state index in [1.165, 1.54) is 0 Å². The minimum absolute atomic E-state index is 0. The SMILES string of the molecule is [BiH3].[Cd].[InH3].[PbH2].[SnH2].[Tl]. The third-order valence-electron chi connectivity index (χ3n) is 0. The third kappa shape index (κ3) is 22.8. The Morgan fingerprint density at radius 1 is 1.00 bits per heavy atom. The van der Waals surface area contributed by atoms with E-state index in [4.69, 9.17) is 0 Å². The summed E-state index contributed by atoms with van der Waals surface area (Å²) < 4.78 is 0. The van der Waals surface area contributed by atoms with Crippen molar-refractivity contribution in [2.75, 3.05) is 0 Å². The third-order valence-corrected chi connectivity index (χ3v) is 0. The molecule has 0 aliphatic rings. The molecule has 0 aliphatic heterocycles. The molecule has 0 fully saturated rings. The fourth-order valence-electron chi connectivity index (χ4n) is 0. The quantitative estimate of drug-likeness (QED) is 0.215. The molecule has 0 N–H and O–H groups in total. The van der Waals surface area contributed by atoms with Gasteiger partial charge in [-0.15, -0.1) is 0 Å². The summed E-state index contributed by atoms with van der Waals surface area (Å²) in [5.74, 6) is 0. The van der Waals surface area contributed by atoms with Gasteiger partial charge < -0.3 is 0 Å². The zero-order valence-corrected chi connectivity index (χ0v) is 27.0. The van der Waals surface area contributed by atoms with E-state index in [0.717, 1.165) is 0 Å². The summed E-state index contributed by atoms with van der Waals surface area (Å²) in [5, 5.41) is 0. The molecule has 0 saturated heterocycles. The van der Waals surface area contributed by atoms with Crippen molar-refractivity contribution in [3.05, 3.63) is 0 Å². The molecule has 0 unspecified atom stereocenters. The molecular weight excluding hydrogens is 967 g/mol. The van der Waals surface area contributed by atoms with Crippen LogP contribution in [0, 0.1) is 0 Å². The Labute approximate surface area is 153 Å². The van der Waals surface area contributed by atoms with Gasteiger partial charge in [0.15, 0.2) is 0 Å². The number of rotatable bonds is 0. The van der Waals surface area contributed by atoms with E-state index in [1.807, 2.05) is 0 Å². The van der Waals surface area contributed by atoms with Crippen LogP contribution in [0.5, 0.6) is 0 Å². The van der Waals surface area contributed by atoms with Crippen LogP contribution in [0.3, 0.4) is 0 Å². The van der Waals surface area contributed by atoms with E-state index in [0.29, 0.717) is 0 Å². The molecular formula is H10BiCdInPbSnTl. The largest absolute Gasteiger partial charge is 0 e. The smallest absolute Gasteiger partial charge is 0 e. The van der Waals surface area contributed by atoms with E-state index in [2.05, 4.69) is 0 Å². The molecule has 0 atom stereocenters. The molecule has 0 bridgehead atoms. The van der Waals surface area contributed by atoms with Crippen LogP contribution in [0.4, 0.5) is 0 Å². The molecule has 0 saturated carbocycles. The average Bonchev–Trinajstić information content (AvgIpc) is 0. The van der Waals surface area contributed by atoms with Crippen LogP contribution in [-0.4, -0.2) is 131 Å². The summed E-state index contributed by atoms with van der Waals surface area (Å²) in [6.07, 6.45) is 0. The van der Waals surface area contributed by atoms with Crippen molar-refractivity contribution in [2.24, 2.45) is 0 Å². The molecule has 0 nitrogen and oxygen atoms in total. The standard InChI is InChI=1S/Bi.Cd.In.Pb.Sn.Tl.10H. The van der Waals surface area contributed by atoms with Crippen LogP contribution in [0.15, 0.2) is 0 Å². The van der Waals surface area contributed by atoms with E-state index in [-0.39, 0.29) is 158 Å². The van der Waals surface area contributed by atoms with Gasteiger partial charge in [0.2, 0.25) is 0 Å². The minimum Gasteiger partial charge on any atom is 0 e.